The van der Waals surface area contributed by atoms with Crippen LogP contribution in [0.2, 0.25) is 0 Å². The zero-order valence-electron chi connectivity index (χ0n) is 18.0. The fraction of sp³-hybridized carbons (Fsp3) is 0.111. The molecule has 0 amide bonds. The van der Waals surface area contributed by atoms with Crippen molar-refractivity contribution in [3.8, 4) is 11.5 Å². The normalized spacial score (nSPS) is 12.4. The summed E-state index contributed by atoms with van der Waals surface area (Å²) in [4.78, 5) is 0. The molecule has 7 heteroatoms. The maximum Gasteiger partial charge on any atom is 0.573 e. The Hall–Kier alpha value is -2.82. The van der Waals surface area contributed by atoms with E-state index in [0.29, 0.717) is 23.2 Å². The summed E-state index contributed by atoms with van der Waals surface area (Å²) in [5.41, 5.74) is 0.726. The first-order valence-electron chi connectivity index (χ1n) is 10.6. The summed E-state index contributed by atoms with van der Waals surface area (Å²) < 4.78 is 45.4. The van der Waals surface area contributed by atoms with Crippen LogP contribution >= 0.6 is 23.9 Å². The van der Waals surface area contributed by atoms with Crippen molar-refractivity contribution < 1.29 is 22.6 Å². The third kappa shape index (κ3) is 6.40. The third-order valence-electron chi connectivity index (χ3n) is 4.99. The summed E-state index contributed by atoms with van der Waals surface area (Å²) in [6.07, 6.45) is -4.06. The molecule has 0 bridgehead atoms. The number of ether oxygens (including phenoxy) is 2. The van der Waals surface area contributed by atoms with Crippen LogP contribution in [0.3, 0.4) is 0 Å². The molecule has 0 unspecified atom stereocenters. The smallest absolute Gasteiger partial charge is 0.492 e. The van der Waals surface area contributed by atoms with Gasteiger partial charge in [0.15, 0.2) is 0 Å². The van der Waals surface area contributed by atoms with Crippen molar-refractivity contribution >= 4 is 39.8 Å². The highest BCUT2D eigenvalue weighted by Crippen LogP contribution is 2.38. The number of halogens is 4. The summed E-state index contributed by atoms with van der Waals surface area (Å²) in [6, 6.07) is 34.9. The topological polar surface area (TPSA) is 18.5 Å². The lowest BCUT2D eigenvalue weighted by Crippen LogP contribution is -2.20. The molecule has 1 heterocycles. The van der Waals surface area contributed by atoms with Gasteiger partial charge in [-0.3, -0.25) is 0 Å². The molecule has 0 fully saturated rings. The van der Waals surface area contributed by atoms with Gasteiger partial charge in [0.25, 0.3) is 0 Å². The monoisotopic (exact) mass is 544 g/mol. The molecule has 0 N–H and O–H groups in total. The first-order chi connectivity index (χ1) is 16.4. The molecule has 1 aliphatic rings. The highest BCUT2D eigenvalue weighted by Gasteiger charge is 2.32. The van der Waals surface area contributed by atoms with Gasteiger partial charge in [-0.25, -0.2) is 0 Å². The second kappa shape index (κ2) is 11.1. The van der Waals surface area contributed by atoms with Gasteiger partial charge in [0.05, 0.1) is 11.1 Å². The molecule has 0 spiro atoms. The van der Waals surface area contributed by atoms with Crippen molar-refractivity contribution in [1.29, 1.82) is 0 Å². The molecular weight excluding hydrogens is 524 g/mol. The van der Waals surface area contributed by atoms with Crippen molar-refractivity contribution in [2.45, 2.75) is 12.8 Å². The second-order valence-electron chi connectivity index (χ2n) is 7.38. The van der Waals surface area contributed by atoms with E-state index in [1.165, 1.54) is 28.0 Å². The molecule has 0 radical (unpaired) electrons. The highest BCUT2D eigenvalue weighted by molar-refractivity contribution is 9.10. The van der Waals surface area contributed by atoms with Gasteiger partial charge in [-0.1, -0.05) is 91.0 Å². The largest absolute Gasteiger partial charge is 0.573 e. The van der Waals surface area contributed by atoms with Crippen LogP contribution in [0, 0.1) is 0 Å². The van der Waals surface area contributed by atoms with Crippen molar-refractivity contribution in [3.05, 3.63) is 113 Å². The lowest BCUT2D eigenvalue weighted by Gasteiger charge is -2.18. The lowest BCUT2D eigenvalue weighted by atomic mass is 10.1. The molecule has 34 heavy (non-hydrogen) atoms. The molecule has 0 atom stereocenters. The number of hydrogen-bond donors (Lipinski definition) is 0. The fourth-order valence-corrected chi connectivity index (χ4v) is 6.50. The summed E-state index contributed by atoms with van der Waals surface area (Å²) in [5, 5.41) is 4.19. The fourth-order valence-electron chi connectivity index (χ4n) is 3.60. The highest BCUT2D eigenvalue weighted by atomic mass is 79.9. The average Bonchev–Trinajstić information content (AvgIpc) is 3.30. The van der Waals surface area contributed by atoms with E-state index in [-0.39, 0.29) is 5.75 Å². The first kappa shape index (κ1) is 24.3. The zero-order chi connectivity index (χ0) is 24.0. The molecule has 0 saturated carbocycles. The minimum atomic E-state index is -4.66. The van der Waals surface area contributed by atoms with E-state index in [1.807, 2.05) is 0 Å². The van der Waals surface area contributed by atoms with Gasteiger partial charge in [-0.05, 0) is 51.9 Å². The zero-order valence-corrected chi connectivity index (χ0v) is 20.5. The van der Waals surface area contributed by atoms with Gasteiger partial charge in [0, 0.05) is 12.0 Å². The third-order valence-corrected chi connectivity index (χ3v) is 8.02. The maximum atomic E-state index is 12.0. The number of rotatable bonds is 4. The molecule has 2 nitrogen and oxygen atoms in total. The van der Waals surface area contributed by atoms with Gasteiger partial charge in [-0.15, -0.1) is 13.2 Å². The van der Waals surface area contributed by atoms with Crippen LogP contribution in [0.4, 0.5) is 13.2 Å². The lowest BCUT2D eigenvalue weighted by molar-refractivity contribution is -0.274. The summed E-state index contributed by atoms with van der Waals surface area (Å²) >= 11 is 3.13. The van der Waals surface area contributed by atoms with Crippen molar-refractivity contribution in [2.24, 2.45) is 0 Å². The van der Waals surface area contributed by atoms with Crippen molar-refractivity contribution in [2.75, 3.05) is 6.61 Å². The van der Waals surface area contributed by atoms with E-state index in [4.69, 9.17) is 4.74 Å². The number of benzene rings is 4. The standard InChI is InChI=1S/C18H15P.C9H6BrF3O2/c1-4-10-16(11-5-1)19(17-12-6-2-7-13-17)18-14-8-3-9-15-18;10-7-4-6(15-9(11,12)13)3-5-1-2-14-8(5)7/h1-15H;3-4H,1-2H2. The molecule has 5 rings (SSSR count). The number of alkyl halides is 3. The van der Waals surface area contributed by atoms with Crippen LogP contribution in [0.15, 0.2) is 108 Å². The van der Waals surface area contributed by atoms with Crippen LogP contribution in [0.25, 0.3) is 0 Å². The van der Waals surface area contributed by atoms with Gasteiger partial charge in [0.1, 0.15) is 11.5 Å². The van der Waals surface area contributed by atoms with Crippen LogP contribution in [0.1, 0.15) is 5.56 Å². The van der Waals surface area contributed by atoms with Gasteiger partial charge in [-0.2, -0.15) is 0 Å². The Labute approximate surface area is 206 Å². The molecule has 4 aromatic carbocycles. The van der Waals surface area contributed by atoms with E-state index in [0.717, 1.165) is 5.56 Å². The Bertz CT molecular complexity index is 1110. The predicted molar refractivity (Wildman–Crippen MR) is 135 cm³/mol. The van der Waals surface area contributed by atoms with Crippen LogP contribution in [0.5, 0.6) is 11.5 Å². The molecule has 0 saturated heterocycles. The van der Waals surface area contributed by atoms with Crippen molar-refractivity contribution in [3.63, 3.8) is 0 Å². The minimum Gasteiger partial charge on any atom is -0.492 e. The maximum absolute atomic E-state index is 12.0. The van der Waals surface area contributed by atoms with E-state index in [1.54, 1.807) is 0 Å². The Kier molecular flexibility index (Phi) is 7.91. The van der Waals surface area contributed by atoms with Gasteiger partial charge >= 0.3 is 6.36 Å². The summed E-state index contributed by atoms with van der Waals surface area (Å²) in [5.74, 6) is 0.378. The van der Waals surface area contributed by atoms with Gasteiger partial charge < -0.3 is 9.47 Å². The molecule has 4 aromatic rings. The molecular formula is C27H21BrF3O2P. The molecule has 174 valence electrons. The Balaban J connectivity index is 0.000000166. The Morgan fingerprint density at radius 2 is 1.21 bits per heavy atom. The summed E-state index contributed by atoms with van der Waals surface area (Å²) in [7, 11) is -0.446. The van der Waals surface area contributed by atoms with Crippen LogP contribution < -0.4 is 25.4 Å². The van der Waals surface area contributed by atoms with Crippen LogP contribution in [-0.2, 0) is 6.42 Å². The first-order valence-corrected chi connectivity index (χ1v) is 12.7. The second-order valence-corrected chi connectivity index (χ2v) is 10.5. The quantitative estimate of drug-likeness (QED) is 0.265. The molecule has 0 aliphatic carbocycles. The van der Waals surface area contributed by atoms with E-state index >= 15 is 0 Å². The van der Waals surface area contributed by atoms with E-state index in [2.05, 4.69) is 112 Å². The number of fused-ring (bicyclic) bond motifs is 1. The van der Waals surface area contributed by atoms with Crippen molar-refractivity contribution in [1.82, 2.24) is 0 Å². The minimum absolute atomic E-state index is 0.223. The Morgan fingerprint density at radius 3 is 1.65 bits per heavy atom. The average molecular weight is 545 g/mol. The van der Waals surface area contributed by atoms with Gasteiger partial charge in [0.2, 0.25) is 0 Å². The SMILES string of the molecule is FC(F)(F)Oc1cc(Br)c2c(c1)CCO2.c1ccc(P(c2ccccc2)c2ccccc2)cc1. The van der Waals surface area contributed by atoms with Crippen LogP contribution in [-0.4, -0.2) is 13.0 Å². The van der Waals surface area contributed by atoms with E-state index in [9.17, 15) is 13.2 Å². The Morgan fingerprint density at radius 1 is 0.735 bits per heavy atom. The number of hydrogen-bond acceptors (Lipinski definition) is 2. The molecule has 1 aliphatic heterocycles. The predicted octanol–water partition coefficient (Wildman–Crippen LogP) is 6.73. The van der Waals surface area contributed by atoms with E-state index < -0.39 is 14.3 Å². The molecule has 0 aromatic heterocycles. The summed E-state index contributed by atoms with van der Waals surface area (Å²) in [6.45, 7) is 0.489.